The van der Waals surface area contributed by atoms with Gasteiger partial charge in [0.1, 0.15) is 0 Å². The number of aliphatic carboxylic acids is 1. The van der Waals surface area contributed by atoms with Crippen LogP contribution in [-0.4, -0.2) is 59.6 Å². The molecule has 1 aliphatic rings. The summed E-state index contributed by atoms with van der Waals surface area (Å²) in [6.07, 6.45) is 1.01. The Kier molecular flexibility index (Phi) is 3.73. The number of nitrogens with zero attached hydrogens (tertiary/aromatic N) is 2. The van der Waals surface area contributed by atoms with E-state index in [1.807, 2.05) is 0 Å². The second kappa shape index (κ2) is 4.49. The standard InChI is InChI=1S/C11H22N2O2/c1-11(2)8-12(3)9(7-13(11)4)5-6-10(14)15/h9H,5-8H2,1-4H3,(H,14,15). The minimum atomic E-state index is -0.698. The van der Waals surface area contributed by atoms with Gasteiger partial charge >= 0.3 is 5.97 Å². The molecule has 1 atom stereocenters. The molecule has 1 saturated heterocycles. The molecule has 88 valence electrons. The van der Waals surface area contributed by atoms with Crippen LogP contribution in [0.5, 0.6) is 0 Å². The van der Waals surface area contributed by atoms with Gasteiger partial charge in [0.25, 0.3) is 0 Å². The zero-order chi connectivity index (χ0) is 11.6. The Hall–Kier alpha value is -0.610. The highest BCUT2D eigenvalue weighted by atomic mass is 16.4. The quantitative estimate of drug-likeness (QED) is 0.757. The van der Waals surface area contributed by atoms with Gasteiger partial charge in [-0.25, -0.2) is 0 Å². The fraction of sp³-hybridized carbons (Fsp3) is 0.909. The van der Waals surface area contributed by atoms with E-state index in [9.17, 15) is 4.79 Å². The van der Waals surface area contributed by atoms with Crippen LogP contribution < -0.4 is 0 Å². The maximum absolute atomic E-state index is 10.5. The highest BCUT2D eigenvalue weighted by Crippen LogP contribution is 2.23. The fourth-order valence-corrected chi connectivity index (χ4v) is 2.16. The van der Waals surface area contributed by atoms with Crippen LogP contribution in [0.25, 0.3) is 0 Å². The summed E-state index contributed by atoms with van der Waals surface area (Å²) < 4.78 is 0. The van der Waals surface area contributed by atoms with Crippen molar-refractivity contribution < 1.29 is 9.90 Å². The molecule has 4 heteroatoms. The normalized spacial score (nSPS) is 27.9. The molecule has 0 amide bonds. The fourth-order valence-electron chi connectivity index (χ4n) is 2.16. The topological polar surface area (TPSA) is 43.8 Å². The predicted molar refractivity (Wildman–Crippen MR) is 60.0 cm³/mol. The highest BCUT2D eigenvalue weighted by Gasteiger charge is 2.34. The maximum atomic E-state index is 10.5. The molecule has 1 rings (SSSR count). The first kappa shape index (κ1) is 12.5. The van der Waals surface area contributed by atoms with Gasteiger partial charge in [-0.2, -0.15) is 0 Å². The lowest BCUT2D eigenvalue weighted by Crippen LogP contribution is -2.60. The first-order valence-corrected chi connectivity index (χ1v) is 5.46. The van der Waals surface area contributed by atoms with Crippen LogP contribution in [0.4, 0.5) is 0 Å². The van der Waals surface area contributed by atoms with Crippen LogP contribution in [-0.2, 0) is 4.79 Å². The van der Waals surface area contributed by atoms with Crippen molar-refractivity contribution in [3.63, 3.8) is 0 Å². The van der Waals surface area contributed by atoms with Crippen LogP contribution >= 0.6 is 0 Å². The SMILES string of the molecule is CN1CC(C)(C)N(C)CC1CCC(=O)O. The minimum absolute atomic E-state index is 0.189. The number of likely N-dealkylation sites (N-methyl/N-ethyl adjacent to an activating group) is 2. The molecule has 0 bridgehead atoms. The maximum Gasteiger partial charge on any atom is 0.303 e. The van der Waals surface area contributed by atoms with E-state index in [2.05, 4.69) is 37.7 Å². The summed E-state index contributed by atoms with van der Waals surface area (Å²) in [7, 11) is 4.20. The molecule has 1 fully saturated rings. The molecule has 1 unspecified atom stereocenters. The number of piperazine rings is 1. The molecule has 0 spiro atoms. The third kappa shape index (κ3) is 3.18. The highest BCUT2D eigenvalue weighted by molar-refractivity contribution is 5.66. The molecule has 1 N–H and O–H groups in total. The van der Waals surface area contributed by atoms with E-state index < -0.39 is 5.97 Å². The lowest BCUT2D eigenvalue weighted by molar-refractivity contribution is -0.137. The molecule has 0 aromatic rings. The average Bonchev–Trinajstić information content (AvgIpc) is 2.08. The number of carbonyl (C=O) groups is 1. The first-order chi connectivity index (χ1) is 6.83. The minimum Gasteiger partial charge on any atom is -0.481 e. The summed E-state index contributed by atoms with van der Waals surface area (Å²) in [5.41, 5.74) is 0.189. The van der Waals surface area contributed by atoms with E-state index in [0.29, 0.717) is 6.04 Å². The van der Waals surface area contributed by atoms with Gasteiger partial charge in [0.05, 0.1) is 0 Å². The molecule has 0 aliphatic carbocycles. The van der Waals surface area contributed by atoms with Gasteiger partial charge in [-0.05, 0) is 34.4 Å². The molecule has 0 saturated carbocycles. The van der Waals surface area contributed by atoms with Crippen LogP contribution in [0.1, 0.15) is 26.7 Å². The smallest absolute Gasteiger partial charge is 0.303 e. The largest absolute Gasteiger partial charge is 0.481 e. The van der Waals surface area contributed by atoms with E-state index in [4.69, 9.17) is 5.11 Å². The van der Waals surface area contributed by atoms with E-state index in [1.165, 1.54) is 0 Å². The second-order valence-corrected chi connectivity index (χ2v) is 5.19. The number of carboxylic acids is 1. The molecular formula is C11H22N2O2. The van der Waals surface area contributed by atoms with Gasteiger partial charge in [-0.1, -0.05) is 0 Å². The molecule has 1 heterocycles. The Morgan fingerprint density at radius 2 is 2.07 bits per heavy atom. The van der Waals surface area contributed by atoms with Crippen molar-refractivity contribution in [1.29, 1.82) is 0 Å². The van der Waals surface area contributed by atoms with Gasteiger partial charge in [-0.3, -0.25) is 9.69 Å². The van der Waals surface area contributed by atoms with Crippen LogP contribution in [0, 0.1) is 0 Å². The van der Waals surface area contributed by atoms with E-state index >= 15 is 0 Å². The molecule has 0 radical (unpaired) electrons. The van der Waals surface area contributed by atoms with Crippen molar-refractivity contribution in [3.05, 3.63) is 0 Å². The molecular weight excluding hydrogens is 192 g/mol. The summed E-state index contributed by atoms with van der Waals surface area (Å²) >= 11 is 0. The van der Waals surface area contributed by atoms with Crippen molar-refractivity contribution in [2.45, 2.75) is 38.3 Å². The zero-order valence-corrected chi connectivity index (χ0v) is 10.2. The van der Waals surface area contributed by atoms with Crippen LogP contribution in [0.3, 0.4) is 0 Å². The van der Waals surface area contributed by atoms with Crippen molar-refractivity contribution in [1.82, 2.24) is 9.80 Å². The Labute approximate surface area is 91.9 Å². The summed E-state index contributed by atoms with van der Waals surface area (Å²) in [6, 6.07) is 0.374. The first-order valence-electron chi connectivity index (χ1n) is 5.46. The van der Waals surface area contributed by atoms with E-state index in [0.717, 1.165) is 19.5 Å². The Balaban J connectivity index is 2.51. The predicted octanol–water partition coefficient (Wildman–Crippen LogP) is 0.876. The van der Waals surface area contributed by atoms with Gasteiger partial charge in [-0.15, -0.1) is 0 Å². The van der Waals surface area contributed by atoms with Gasteiger partial charge in [0, 0.05) is 31.1 Å². The molecule has 15 heavy (non-hydrogen) atoms. The molecule has 4 nitrogen and oxygen atoms in total. The lowest BCUT2D eigenvalue weighted by Gasteiger charge is -2.48. The summed E-state index contributed by atoms with van der Waals surface area (Å²) in [4.78, 5) is 15.1. The summed E-state index contributed by atoms with van der Waals surface area (Å²) in [5.74, 6) is -0.698. The van der Waals surface area contributed by atoms with Crippen molar-refractivity contribution in [3.8, 4) is 0 Å². The zero-order valence-electron chi connectivity index (χ0n) is 10.2. The summed E-state index contributed by atoms with van der Waals surface area (Å²) in [5, 5.41) is 8.67. The van der Waals surface area contributed by atoms with Crippen LogP contribution in [0.15, 0.2) is 0 Å². The third-order valence-electron chi connectivity index (χ3n) is 3.47. The summed E-state index contributed by atoms with van der Waals surface area (Å²) in [6.45, 7) is 6.39. The van der Waals surface area contributed by atoms with Gasteiger partial charge < -0.3 is 10.0 Å². The number of rotatable bonds is 3. The Morgan fingerprint density at radius 1 is 1.47 bits per heavy atom. The van der Waals surface area contributed by atoms with Gasteiger partial charge in [0.15, 0.2) is 0 Å². The number of hydrogen-bond acceptors (Lipinski definition) is 3. The monoisotopic (exact) mass is 214 g/mol. The van der Waals surface area contributed by atoms with Gasteiger partial charge in [0.2, 0.25) is 0 Å². The molecule has 0 aromatic carbocycles. The average molecular weight is 214 g/mol. The second-order valence-electron chi connectivity index (χ2n) is 5.19. The van der Waals surface area contributed by atoms with E-state index in [1.54, 1.807) is 0 Å². The van der Waals surface area contributed by atoms with Crippen molar-refractivity contribution in [2.24, 2.45) is 0 Å². The number of carboxylic acid groups (broad SMARTS) is 1. The number of hydrogen-bond donors (Lipinski definition) is 1. The molecule has 1 aliphatic heterocycles. The van der Waals surface area contributed by atoms with Crippen LogP contribution in [0.2, 0.25) is 0 Å². The van der Waals surface area contributed by atoms with E-state index in [-0.39, 0.29) is 12.0 Å². The Bertz CT molecular complexity index is 241. The van der Waals surface area contributed by atoms with Crippen molar-refractivity contribution in [2.75, 3.05) is 27.2 Å². The Morgan fingerprint density at radius 3 is 2.60 bits per heavy atom. The van der Waals surface area contributed by atoms with Crippen molar-refractivity contribution >= 4 is 5.97 Å². The third-order valence-corrected chi connectivity index (χ3v) is 3.47. The molecule has 0 aromatic heterocycles. The lowest BCUT2D eigenvalue weighted by atomic mass is 9.95.